The first kappa shape index (κ1) is 15.6. The fourth-order valence-corrected chi connectivity index (χ4v) is 0. The van der Waals surface area contributed by atoms with Crippen LogP contribution in [-0.4, -0.2) is 0 Å². The molecule has 0 atom stereocenters. The molecular weight excluding hydrogens is 123 g/mol. The molecule has 0 aliphatic heterocycles. The molecule has 0 fully saturated rings. The van der Waals surface area contributed by atoms with Crippen molar-refractivity contribution in [3.63, 3.8) is 0 Å². The normalized spacial score (nSPS) is 5.14. The summed E-state index contributed by atoms with van der Waals surface area (Å²) in [5.41, 5.74) is 0. The van der Waals surface area contributed by atoms with Crippen molar-refractivity contribution in [1.29, 1.82) is 0 Å². The van der Waals surface area contributed by atoms with Gasteiger partial charge in [-0.3, -0.25) is 0 Å². The molecule has 0 heterocycles. The molecule has 0 saturated heterocycles. The van der Waals surface area contributed by atoms with Crippen LogP contribution >= 0.6 is 0 Å². The van der Waals surface area contributed by atoms with E-state index >= 15 is 0 Å². The van der Waals surface area contributed by atoms with Crippen molar-refractivity contribution in [1.82, 2.24) is 0 Å². The molecular formula is C6H14V. The molecule has 0 amide bonds. The Morgan fingerprint density at radius 1 is 0.714 bits per heavy atom. The molecule has 0 unspecified atom stereocenters. The molecule has 0 aromatic rings. The second-order valence-corrected chi connectivity index (χ2v) is 1.15. The third kappa shape index (κ3) is 405. The maximum Gasteiger partial charge on any atom is 2.00 e. The third-order valence-corrected chi connectivity index (χ3v) is 0. The summed E-state index contributed by atoms with van der Waals surface area (Å²) in [6.45, 7) is 8.00. The molecule has 0 aliphatic rings. The van der Waals surface area contributed by atoms with Crippen LogP contribution in [0.4, 0.5) is 0 Å². The van der Waals surface area contributed by atoms with Gasteiger partial charge in [0, 0.05) is 0 Å². The Bertz CT molecular complexity index is 6.14. The minimum Gasteiger partial charge on any atom is -0.335 e. The molecule has 1 radical (unpaired) electrons. The monoisotopic (exact) mass is 137 g/mol. The van der Waals surface area contributed by atoms with Gasteiger partial charge in [-0.15, -0.1) is 0 Å². The zero-order valence-electron chi connectivity index (χ0n) is 5.60. The van der Waals surface area contributed by atoms with Crippen LogP contribution in [0.2, 0.25) is 0 Å². The SMILES string of the molecule is C[CH-]C.C[CH-]C.[V+2]. The van der Waals surface area contributed by atoms with Crippen LogP contribution in [0.15, 0.2) is 0 Å². The van der Waals surface area contributed by atoms with Gasteiger partial charge in [-0.05, 0) is 0 Å². The summed E-state index contributed by atoms with van der Waals surface area (Å²) >= 11 is 0. The summed E-state index contributed by atoms with van der Waals surface area (Å²) < 4.78 is 0. The van der Waals surface area contributed by atoms with Crippen molar-refractivity contribution in [2.24, 2.45) is 0 Å². The van der Waals surface area contributed by atoms with E-state index in [4.69, 9.17) is 0 Å². The van der Waals surface area contributed by atoms with Crippen LogP contribution < -0.4 is 0 Å². The molecule has 0 N–H and O–H groups in total. The summed E-state index contributed by atoms with van der Waals surface area (Å²) in [6.07, 6.45) is 4.00. The van der Waals surface area contributed by atoms with Crippen LogP contribution in [0, 0.1) is 12.8 Å². The van der Waals surface area contributed by atoms with Gasteiger partial charge in [-0.1, -0.05) is 0 Å². The van der Waals surface area contributed by atoms with E-state index in [1.165, 1.54) is 0 Å². The summed E-state index contributed by atoms with van der Waals surface area (Å²) in [7, 11) is 0. The van der Waals surface area contributed by atoms with Gasteiger partial charge in [0.15, 0.2) is 0 Å². The van der Waals surface area contributed by atoms with Crippen molar-refractivity contribution in [2.45, 2.75) is 27.7 Å². The van der Waals surface area contributed by atoms with E-state index in [1.54, 1.807) is 0 Å². The average Bonchev–Trinajstić information content (AvgIpc) is 1.39. The molecule has 7 heavy (non-hydrogen) atoms. The maximum atomic E-state index is 2.00. The molecule has 0 saturated carbocycles. The Morgan fingerprint density at radius 2 is 0.714 bits per heavy atom. The van der Waals surface area contributed by atoms with E-state index < -0.39 is 0 Å². The first-order valence-electron chi connectivity index (χ1n) is 2.31. The molecule has 0 aliphatic carbocycles. The molecule has 1 heteroatoms. The molecule has 0 bridgehead atoms. The van der Waals surface area contributed by atoms with E-state index in [-0.39, 0.29) is 18.6 Å². The van der Waals surface area contributed by atoms with E-state index in [1.807, 2.05) is 40.5 Å². The summed E-state index contributed by atoms with van der Waals surface area (Å²) in [5.74, 6) is 0. The minimum atomic E-state index is 0. The van der Waals surface area contributed by atoms with E-state index in [0.29, 0.717) is 0 Å². The second-order valence-electron chi connectivity index (χ2n) is 1.15. The largest absolute Gasteiger partial charge is 2.00 e. The standard InChI is InChI=1S/2C3H7.V/c2*1-3-2;/h2*3H,1-2H3;/q2*-1;+2. The summed E-state index contributed by atoms with van der Waals surface area (Å²) in [4.78, 5) is 0. The Kier molecular flexibility index (Phi) is 68.7. The van der Waals surface area contributed by atoms with Gasteiger partial charge in [-0.25, -0.2) is 0 Å². The molecule has 0 aromatic heterocycles. The number of hydrogen-bond donors (Lipinski definition) is 0. The van der Waals surface area contributed by atoms with E-state index in [9.17, 15) is 0 Å². The quantitative estimate of drug-likeness (QED) is 0.450. The molecule has 0 spiro atoms. The van der Waals surface area contributed by atoms with Crippen LogP contribution in [-0.2, 0) is 18.6 Å². The smallest absolute Gasteiger partial charge is 0.335 e. The second kappa shape index (κ2) is 30.7. The van der Waals surface area contributed by atoms with Crippen molar-refractivity contribution < 1.29 is 18.6 Å². The summed E-state index contributed by atoms with van der Waals surface area (Å²) in [6, 6.07) is 0. The molecule has 43 valence electrons. The van der Waals surface area contributed by atoms with Gasteiger partial charge in [-0.2, -0.15) is 27.7 Å². The molecule has 0 nitrogen and oxygen atoms in total. The Morgan fingerprint density at radius 3 is 0.714 bits per heavy atom. The van der Waals surface area contributed by atoms with Gasteiger partial charge in [0.2, 0.25) is 0 Å². The van der Waals surface area contributed by atoms with Crippen LogP contribution in [0.5, 0.6) is 0 Å². The fourth-order valence-electron chi connectivity index (χ4n) is 0. The summed E-state index contributed by atoms with van der Waals surface area (Å²) in [5, 5.41) is 0. The Hall–Kier alpha value is 0.584. The van der Waals surface area contributed by atoms with Gasteiger partial charge >= 0.3 is 18.6 Å². The predicted molar refractivity (Wildman–Crippen MR) is 31.3 cm³/mol. The van der Waals surface area contributed by atoms with Crippen LogP contribution in [0.1, 0.15) is 27.7 Å². The minimum absolute atomic E-state index is 0. The molecule has 0 aromatic carbocycles. The Labute approximate surface area is 59.6 Å². The Balaban J connectivity index is -0.0000000400. The van der Waals surface area contributed by atoms with Gasteiger partial charge < -0.3 is 12.8 Å². The number of rotatable bonds is 0. The average molecular weight is 137 g/mol. The third-order valence-electron chi connectivity index (χ3n) is 0. The first-order chi connectivity index (χ1) is 2.83. The van der Waals surface area contributed by atoms with Gasteiger partial charge in [0.1, 0.15) is 0 Å². The topological polar surface area (TPSA) is 0 Å². The van der Waals surface area contributed by atoms with Crippen molar-refractivity contribution >= 4 is 0 Å². The van der Waals surface area contributed by atoms with Gasteiger partial charge in [0.25, 0.3) is 0 Å². The predicted octanol–water partition coefficient (Wildman–Crippen LogP) is 2.46. The number of hydrogen-bond acceptors (Lipinski definition) is 0. The van der Waals surface area contributed by atoms with Crippen molar-refractivity contribution in [3.05, 3.63) is 12.8 Å². The van der Waals surface area contributed by atoms with Crippen LogP contribution in [0.3, 0.4) is 0 Å². The van der Waals surface area contributed by atoms with Crippen molar-refractivity contribution in [2.75, 3.05) is 0 Å². The zero-order chi connectivity index (χ0) is 5.41. The fraction of sp³-hybridized carbons (Fsp3) is 0.667. The van der Waals surface area contributed by atoms with Crippen molar-refractivity contribution in [3.8, 4) is 0 Å². The molecule has 0 rings (SSSR count). The van der Waals surface area contributed by atoms with Crippen LogP contribution in [0.25, 0.3) is 0 Å². The van der Waals surface area contributed by atoms with Gasteiger partial charge in [0.05, 0.1) is 0 Å². The van der Waals surface area contributed by atoms with E-state index in [2.05, 4.69) is 0 Å². The van der Waals surface area contributed by atoms with E-state index in [0.717, 1.165) is 0 Å². The maximum absolute atomic E-state index is 2.00. The first-order valence-corrected chi connectivity index (χ1v) is 2.31. The zero-order valence-corrected chi connectivity index (χ0v) is 7.00.